The molecule has 6 nitrogen and oxygen atoms in total. The van der Waals surface area contributed by atoms with Crippen molar-refractivity contribution >= 4 is 23.3 Å². The Morgan fingerprint density at radius 1 is 1.07 bits per heavy atom. The van der Waals surface area contributed by atoms with Crippen molar-refractivity contribution in [3.8, 4) is 11.6 Å². The number of carbonyl (C=O) groups excluding carboxylic acids is 1. The van der Waals surface area contributed by atoms with Gasteiger partial charge in [0.1, 0.15) is 17.9 Å². The molecule has 3 aromatic rings. The van der Waals surface area contributed by atoms with E-state index < -0.39 is 0 Å². The van der Waals surface area contributed by atoms with Crippen LogP contribution in [0.4, 0.5) is 5.82 Å². The zero-order chi connectivity index (χ0) is 20.2. The molecule has 2 heterocycles. The molecule has 0 aliphatic carbocycles. The van der Waals surface area contributed by atoms with E-state index in [-0.39, 0.29) is 11.9 Å². The molecular weight excluding hydrogens is 388 g/mol. The molecule has 1 atom stereocenters. The Balaban J connectivity index is 1.44. The summed E-state index contributed by atoms with van der Waals surface area (Å²) in [6.07, 6.45) is 1.50. The van der Waals surface area contributed by atoms with Crippen LogP contribution >= 0.6 is 11.6 Å². The van der Waals surface area contributed by atoms with Gasteiger partial charge in [-0.15, -0.1) is 0 Å². The smallest absolute Gasteiger partial charge is 0.254 e. The lowest BCUT2D eigenvalue weighted by molar-refractivity contribution is 0.0673. The van der Waals surface area contributed by atoms with E-state index >= 15 is 0 Å². The molecule has 1 aromatic heterocycles. The molecule has 1 unspecified atom stereocenters. The van der Waals surface area contributed by atoms with Crippen molar-refractivity contribution in [2.45, 2.75) is 13.0 Å². The van der Waals surface area contributed by atoms with E-state index in [0.717, 1.165) is 11.6 Å². The van der Waals surface area contributed by atoms with E-state index in [0.29, 0.717) is 36.1 Å². The van der Waals surface area contributed by atoms with Gasteiger partial charge in [0, 0.05) is 42.3 Å². The van der Waals surface area contributed by atoms with Crippen LogP contribution in [0.2, 0.25) is 5.02 Å². The molecule has 7 heteroatoms. The number of para-hydroxylation sites is 1. The first-order valence-electron chi connectivity index (χ1n) is 9.46. The highest BCUT2D eigenvalue weighted by Gasteiger charge is 2.29. The highest BCUT2D eigenvalue weighted by Crippen LogP contribution is 2.24. The number of rotatable bonds is 4. The summed E-state index contributed by atoms with van der Waals surface area (Å²) < 4.78 is 5.81. The quantitative estimate of drug-likeness (QED) is 0.645. The first-order valence-corrected chi connectivity index (χ1v) is 9.84. The lowest BCUT2D eigenvalue weighted by Gasteiger charge is -2.40. The normalized spacial score (nSPS) is 16.6. The number of benzene rings is 2. The SMILES string of the molecule is CC1CN(c2cc(Oc3ccccc3)ncn2)CCN1C(=O)c1ccc(Cl)cc1. The van der Waals surface area contributed by atoms with Gasteiger partial charge in [0.25, 0.3) is 5.91 Å². The molecule has 1 aliphatic rings. The molecule has 0 saturated carbocycles. The van der Waals surface area contributed by atoms with Gasteiger partial charge in [-0.3, -0.25) is 4.79 Å². The molecule has 1 saturated heterocycles. The van der Waals surface area contributed by atoms with Gasteiger partial charge in [-0.2, -0.15) is 0 Å². The Morgan fingerprint density at radius 2 is 1.83 bits per heavy atom. The van der Waals surface area contributed by atoms with Crippen molar-refractivity contribution in [3.05, 3.63) is 77.6 Å². The van der Waals surface area contributed by atoms with Gasteiger partial charge in [0.15, 0.2) is 0 Å². The number of hydrogen-bond acceptors (Lipinski definition) is 5. The van der Waals surface area contributed by atoms with Crippen molar-refractivity contribution in [1.82, 2.24) is 14.9 Å². The molecule has 29 heavy (non-hydrogen) atoms. The fourth-order valence-corrected chi connectivity index (χ4v) is 3.52. The Labute approximate surface area is 174 Å². The molecule has 0 N–H and O–H groups in total. The average molecular weight is 409 g/mol. The maximum absolute atomic E-state index is 12.8. The fourth-order valence-electron chi connectivity index (χ4n) is 3.39. The van der Waals surface area contributed by atoms with Crippen LogP contribution in [0, 0.1) is 0 Å². The molecule has 2 aromatic carbocycles. The number of nitrogens with zero attached hydrogens (tertiary/aromatic N) is 4. The highest BCUT2D eigenvalue weighted by molar-refractivity contribution is 6.30. The van der Waals surface area contributed by atoms with Gasteiger partial charge >= 0.3 is 0 Å². The summed E-state index contributed by atoms with van der Waals surface area (Å²) in [5, 5.41) is 0.622. The Hall–Kier alpha value is -3.12. The second kappa shape index (κ2) is 8.49. The van der Waals surface area contributed by atoms with E-state index in [1.54, 1.807) is 24.3 Å². The summed E-state index contributed by atoms with van der Waals surface area (Å²) in [6, 6.07) is 18.4. The van der Waals surface area contributed by atoms with Gasteiger partial charge in [-0.1, -0.05) is 29.8 Å². The fraction of sp³-hybridized carbons (Fsp3) is 0.227. The summed E-state index contributed by atoms with van der Waals surface area (Å²) in [7, 11) is 0. The van der Waals surface area contributed by atoms with Crippen LogP contribution in [0.5, 0.6) is 11.6 Å². The molecule has 1 aliphatic heterocycles. The average Bonchev–Trinajstić information content (AvgIpc) is 2.75. The predicted octanol–water partition coefficient (Wildman–Crippen LogP) is 4.27. The topological polar surface area (TPSA) is 58.6 Å². The van der Waals surface area contributed by atoms with Crippen LogP contribution in [0.1, 0.15) is 17.3 Å². The van der Waals surface area contributed by atoms with Crippen molar-refractivity contribution in [3.63, 3.8) is 0 Å². The van der Waals surface area contributed by atoms with E-state index in [9.17, 15) is 4.79 Å². The van der Waals surface area contributed by atoms with E-state index in [1.165, 1.54) is 6.33 Å². The van der Waals surface area contributed by atoms with E-state index in [2.05, 4.69) is 14.9 Å². The summed E-state index contributed by atoms with van der Waals surface area (Å²) in [5.74, 6) is 2.03. The number of ether oxygens (including phenoxy) is 1. The highest BCUT2D eigenvalue weighted by atomic mass is 35.5. The summed E-state index contributed by atoms with van der Waals surface area (Å²) in [6.45, 7) is 4.02. The van der Waals surface area contributed by atoms with Gasteiger partial charge < -0.3 is 14.5 Å². The van der Waals surface area contributed by atoms with Crippen LogP contribution < -0.4 is 9.64 Å². The standard InChI is InChI=1S/C22H21ClN4O2/c1-16-14-26(11-12-27(16)22(28)17-7-9-18(23)10-8-17)20-13-21(25-15-24-20)29-19-5-3-2-4-6-19/h2-10,13,15-16H,11-12,14H2,1H3. The number of aromatic nitrogens is 2. The Morgan fingerprint density at radius 3 is 2.55 bits per heavy atom. The Kier molecular flexibility index (Phi) is 5.62. The molecular formula is C22H21ClN4O2. The summed E-state index contributed by atoms with van der Waals surface area (Å²) in [4.78, 5) is 25.5. The minimum Gasteiger partial charge on any atom is -0.439 e. The van der Waals surface area contributed by atoms with Crippen molar-refractivity contribution < 1.29 is 9.53 Å². The van der Waals surface area contributed by atoms with Gasteiger partial charge in [0.05, 0.1) is 0 Å². The maximum Gasteiger partial charge on any atom is 0.254 e. The van der Waals surface area contributed by atoms with Crippen molar-refractivity contribution in [2.75, 3.05) is 24.5 Å². The Bertz CT molecular complexity index is 982. The van der Waals surface area contributed by atoms with Crippen LogP contribution in [0.25, 0.3) is 0 Å². The van der Waals surface area contributed by atoms with Gasteiger partial charge in [0.2, 0.25) is 5.88 Å². The minimum absolute atomic E-state index is 0.0182. The molecule has 1 fully saturated rings. The van der Waals surface area contributed by atoms with Crippen molar-refractivity contribution in [2.24, 2.45) is 0 Å². The molecule has 0 spiro atoms. The molecule has 1 amide bonds. The lowest BCUT2D eigenvalue weighted by atomic mass is 10.1. The number of carbonyl (C=O) groups is 1. The number of hydrogen-bond donors (Lipinski definition) is 0. The predicted molar refractivity (Wildman–Crippen MR) is 113 cm³/mol. The second-order valence-corrected chi connectivity index (χ2v) is 7.37. The summed E-state index contributed by atoms with van der Waals surface area (Å²) in [5.41, 5.74) is 0.648. The molecule has 0 bridgehead atoms. The van der Waals surface area contributed by atoms with Crippen LogP contribution in [-0.2, 0) is 0 Å². The first-order chi connectivity index (χ1) is 14.1. The maximum atomic E-state index is 12.8. The molecule has 0 radical (unpaired) electrons. The third-order valence-electron chi connectivity index (χ3n) is 4.90. The first kappa shape index (κ1) is 19.2. The number of anilines is 1. The van der Waals surface area contributed by atoms with Crippen LogP contribution in [-0.4, -0.2) is 46.5 Å². The van der Waals surface area contributed by atoms with E-state index in [1.807, 2.05) is 48.2 Å². The van der Waals surface area contributed by atoms with E-state index in [4.69, 9.17) is 16.3 Å². The minimum atomic E-state index is 0.0182. The van der Waals surface area contributed by atoms with Crippen LogP contribution in [0.3, 0.4) is 0 Å². The monoisotopic (exact) mass is 408 g/mol. The number of piperazine rings is 1. The molecule has 4 rings (SSSR count). The molecule has 148 valence electrons. The zero-order valence-electron chi connectivity index (χ0n) is 16.0. The van der Waals surface area contributed by atoms with Gasteiger partial charge in [-0.05, 0) is 43.3 Å². The van der Waals surface area contributed by atoms with Gasteiger partial charge in [-0.25, -0.2) is 9.97 Å². The third kappa shape index (κ3) is 4.49. The lowest BCUT2D eigenvalue weighted by Crippen LogP contribution is -2.54. The largest absolute Gasteiger partial charge is 0.439 e. The number of halogens is 1. The summed E-state index contributed by atoms with van der Waals surface area (Å²) >= 11 is 5.93. The second-order valence-electron chi connectivity index (χ2n) is 6.93. The van der Waals surface area contributed by atoms with Crippen LogP contribution in [0.15, 0.2) is 67.0 Å². The van der Waals surface area contributed by atoms with Crippen molar-refractivity contribution in [1.29, 1.82) is 0 Å². The zero-order valence-corrected chi connectivity index (χ0v) is 16.8. The number of amides is 1. The third-order valence-corrected chi connectivity index (χ3v) is 5.15.